The van der Waals surface area contributed by atoms with Gasteiger partial charge in [0.15, 0.2) is 0 Å². The highest BCUT2D eigenvalue weighted by Gasteiger charge is 2.34. The Morgan fingerprint density at radius 2 is 1.24 bits per heavy atom. The van der Waals surface area contributed by atoms with Gasteiger partial charge >= 0.3 is 0 Å². The van der Waals surface area contributed by atoms with Gasteiger partial charge in [0.1, 0.15) is 0 Å². The smallest absolute Gasteiger partial charge is 0.0564 e. The summed E-state index contributed by atoms with van der Waals surface area (Å²) in [7, 11) is 0. The van der Waals surface area contributed by atoms with Gasteiger partial charge in [-0.3, -0.25) is 0 Å². The zero-order valence-corrected chi connectivity index (χ0v) is 11.0. The molecule has 0 aromatic heterocycles. The van der Waals surface area contributed by atoms with Crippen molar-refractivity contribution in [2.45, 2.75) is 20.3 Å². The molecule has 17 heavy (non-hydrogen) atoms. The molecular formula is C13H24O4. The Labute approximate surface area is 104 Å². The summed E-state index contributed by atoms with van der Waals surface area (Å²) in [6, 6.07) is 0. The number of hydrogen-bond acceptors (Lipinski definition) is 4. The maximum atomic E-state index is 5.63. The lowest BCUT2D eigenvalue weighted by Crippen LogP contribution is -2.44. The monoisotopic (exact) mass is 244 g/mol. The Morgan fingerprint density at radius 3 is 1.53 bits per heavy atom. The summed E-state index contributed by atoms with van der Waals surface area (Å²) < 4.78 is 21.6. The van der Waals surface area contributed by atoms with Gasteiger partial charge in [0.05, 0.1) is 39.6 Å². The Kier molecular flexibility index (Phi) is 4.42. The molecule has 0 aliphatic carbocycles. The van der Waals surface area contributed by atoms with Gasteiger partial charge in [-0.1, -0.05) is 13.8 Å². The van der Waals surface area contributed by atoms with Crippen molar-refractivity contribution in [1.82, 2.24) is 0 Å². The standard InChI is InChI=1S/C13H24O4/c1-12(8-16-9-12)6-14-4-3-5-15-7-13(2)10-17-11-13/h3-11H2,1-2H3. The van der Waals surface area contributed by atoms with Crippen molar-refractivity contribution in [1.29, 1.82) is 0 Å². The Hall–Kier alpha value is -0.160. The van der Waals surface area contributed by atoms with E-state index in [1.807, 2.05) is 0 Å². The zero-order valence-electron chi connectivity index (χ0n) is 11.0. The molecule has 2 fully saturated rings. The van der Waals surface area contributed by atoms with E-state index < -0.39 is 0 Å². The van der Waals surface area contributed by atoms with Crippen LogP contribution in [0.25, 0.3) is 0 Å². The second kappa shape index (κ2) is 5.65. The molecule has 0 N–H and O–H groups in total. The van der Waals surface area contributed by atoms with Crippen molar-refractivity contribution in [3.8, 4) is 0 Å². The lowest BCUT2D eigenvalue weighted by atomic mass is 9.90. The molecule has 0 unspecified atom stereocenters. The van der Waals surface area contributed by atoms with Crippen LogP contribution in [0.3, 0.4) is 0 Å². The minimum Gasteiger partial charge on any atom is -0.381 e. The van der Waals surface area contributed by atoms with Crippen molar-refractivity contribution in [3.05, 3.63) is 0 Å². The quantitative estimate of drug-likeness (QED) is 0.606. The van der Waals surface area contributed by atoms with Crippen LogP contribution in [0.2, 0.25) is 0 Å². The van der Waals surface area contributed by atoms with E-state index in [1.165, 1.54) is 0 Å². The largest absolute Gasteiger partial charge is 0.381 e. The van der Waals surface area contributed by atoms with E-state index in [0.717, 1.165) is 59.3 Å². The molecule has 4 heteroatoms. The van der Waals surface area contributed by atoms with Crippen molar-refractivity contribution in [2.24, 2.45) is 10.8 Å². The molecule has 0 amide bonds. The number of rotatable bonds is 8. The van der Waals surface area contributed by atoms with Crippen molar-refractivity contribution >= 4 is 0 Å². The molecule has 0 atom stereocenters. The Morgan fingerprint density at radius 1 is 0.824 bits per heavy atom. The van der Waals surface area contributed by atoms with E-state index in [-0.39, 0.29) is 10.8 Å². The van der Waals surface area contributed by atoms with Crippen LogP contribution in [0.1, 0.15) is 20.3 Å². The maximum absolute atomic E-state index is 5.63. The predicted octanol–water partition coefficient (Wildman–Crippen LogP) is 1.48. The van der Waals surface area contributed by atoms with Gasteiger partial charge in [-0.05, 0) is 6.42 Å². The second-order valence-electron chi connectivity index (χ2n) is 6.07. The first kappa shape index (κ1) is 13.3. The van der Waals surface area contributed by atoms with Gasteiger partial charge in [0.2, 0.25) is 0 Å². The maximum Gasteiger partial charge on any atom is 0.0564 e. The molecule has 100 valence electrons. The van der Waals surface area contributed by atoms with Crippen LogP contribution in [0, 0.1) is 10.8 Å². The molecule has 2 saturated heterocycles. The molecule has 0 radical (unpaired) electrons. The van der Waals surface area contributed by atoms with Gasteiger partial charge in [0.25, 0.3) is 0 Å². The molecule has 0 bridgehead atoms. The summed E-state index contributed by atoms with van der Waals surface area (Å²) in [4.78, 5) is 0. The molecule has 2 aliphatic rings. The first-order valence-corrected chi connectivity index (χ1v) is 6.43. The van der Waals surface area contributed by atoms with Gasteiger partial charge in [-0.15, -0.1) is 0 Å². The van der Waals surface area contributed by atoms with E-state index >= 15 is 0 Å². The first-order valence-electron chi connectivity index (χ1n) is 6.43. The summed E-state index contributed by atoms with van der Waals surface area (Å²) in [5.41, 5.74) is 0.523. The molecule has 0 aromatic carbocycles. The van der Waals surface area contributed by atoms with Crippen molar-refractivity contribution < 1.29 is 18.9 Å². The van der Waals surface area contributed by atoms with E-state index in [1.54, 1.807) is 0 Å². The minimum atomic E-state index is 0.262. The third-order valence-electron chi connectivity index (χ3n) is 3.28. The molecule has 2 heterocycles. The molecule has 0 saturated carbocycles. The molecule has 2 rings (SSSR count). The van der Waals surface area contributed by atoms with Crippen LogP contribution in [0.4, 0.5) is 0 Å². The third kappa shape index (κ3) is 3.91. The second-order valence-corrected chi connectivity index (χ2v) is 6.07. The Balaban J connectivity index is 1.39. The topological polar surface area (TPSA) is 36.9 Å². The fourth-order valence-electron chi connectivity index (χ4n) is 1.97. The van der Waals surface area contributed by atoms with Crippen LogP contribution >= 0.6 is 0 Å². The van der Waals surface area contributed by atoms with Crippen LogP contribution in [0.5, 0.6) is 0 Å². The fraction of sp³-hybridized carbons (Fsp3) is 1.00. The predicted molar refractivity (Wildman–Crippen MR) is 64.1 cm³/mol. The van der Waals surface area contributed by atoms with E-state index in [4.69, 9.17) is 18.9 Å². The lowest BCUT2D eigenvalue weighted by molar-refractivity contribution is -0.144. The molecule has 0 aromatic rings. The van der Waals surface area contributed by atoms with Crippen LogP contribution in [-0.4, -0.2) is 52.9 Å². The van der Waals surface area contributed by atoms with Gasteiger partial charge in [-0.25, -0.2) is 0 Å². The SMILES string of the molecule is CC1(COCCCOCC2(C)COC2)COC1. The molecule has 4 nitrogen and oxygen atoms in total. The third-order valence-corrected chi connectivity index (χ3v) is 3.28. The summed E-state index contributed by atoms with van der Waals surface area (Å²) >= 11 is 0. The lowest BCUT2D eigenvalue weighted by Gasteiger charge is -2.38. The van der Waals surface area contributed by atoms with Crippen molar-refractivity contribution in [3.63, 3.8) is 0 Å². The number of ether oxygens (including phenoxy) is 4. The highest BCUT2D eigenvalue weighted by atomic mass is 16.5. The van der Waals surface area contributed by atoms with Gasteiger partial charge in [-0.2, -0.15) is 0 Å². The zero-order chi connectivity index (χ0) is 12.2. The van der Waals surface area contributed by atoms with E-state index in [9.17, 15) is 0 Å². The van der Waals surface area contributed by atoms with Crippen LogP contribution in [-0.2, 0) is 18.9 Å². The minimum absolute atomic E-state index is 0.262. The van der Waals surface area contributed by atoms with Crippen LogP contribution < -0.4 is 0 Å². The highest BCUT2D eigenvalue weighted by molar-refractivity contribution is 4.80. The highest BCUT2D eigenvalue weighted by Crippen LogP contribution is 2.27. The van der Waals surface area contributed by atoms with Crippen molar-refractivity contribution in [2.75, 3.05) is 52.9 Å². The van der Waals surface area contributed by atoms with E-state index in [2.05, 4.69) is 13.8 Å². The number of hydrogen-bond donors (Lipinski definition) is 0. The summed E-state index contributed by atoms with van der Waals surface area (Å²) in [5.74, 6) is 0. The molecule has 0 spiro atoms. The molecule has 2 aliphatic heterocycles. The van der Waals surface area contributed by atoms with Gasteiger partial charge in [0, 0.05) is 24.0 Å². The fourth-order valence-corrected chi connectivity index (χ4v) is 1.97. The Bertz CT molecular complexity index is 210. The van der Waals surface area contributed by atoms with Gasteiger partial charge < -0.3 is 18.9 Å². The summed E-state index contributed by atoms with van der Waals surface area (Å²) in [6.45, 7) is 10.9. The normalized spacial score (nSPS) is 25.1. The average molecular weight is 244 g/mol. The average Bonchev–Trinajstić information content (AvgIpc) is 2.23. The van der Waals surface area contributed by atoms with Crippen LogP contribution in [0.15, 0.2) is 0 Å². The summed E-state index contributed by atoms with van der Waals surface area (Å²) in [6.07, 6.45) is 0.966. The molecular weight excluding hydrogens is 220 g/mol. The van der Waals surface area contributed by atoms with E-state index in [0.29, 0.717) is 0 Å². The summed E-state index contributed by atoms with van der Waals surface area (Å²) in [5, 5.41) is 0. The first-order chi connectivity index (χ1) is 8.12.